The maximum absolute atomic E-state index is 13.6. The summed E-state index contributed by atoms with van der Waals surface area (Å²) in [5.74, 6) is -0.731. The number of carbonyl (C=O) groups excluding carboxylic acids is 1. The van der Waals surface area contributed by atoms with Crippen molar-refractivity contribution in [1.29, 1.82) is 0 Å². The van der Waals surface area contributed by atoms with Gasteiger partial charge >= 0.3 is 6.09 Å². The molecule has 2 rings (SSSR count). The summed E-state index contributed by atoms with van der Waals surface area (Å²) in [6.07, 6.45) is 4.00. The molecule has 2 heterocycles. The Morgan fingerprint density at radius 3 is 2.82 bits per heavy atom. The van der Waals surface area contributed by atoms with E-state index in [9.17, 15) is 9.18 Å². The van der Waals surface area contributed by atoms with E-state index in [4.69, 9.17) is 16.3 Å². The number of halogens is 2. The van der Waals surface area contributed by atoms with Gasteiger partial charge in [0.1, 0.15) is 10.6 Å². The molecule has 4 nitrogen and oxygen atoms in total. The van der Waals surface area contributed by atoms with Gasteiger partial charge in [0.2, 0.25) is 5.95 Å². The number of amides is 1. The fourth-order valence-corrected chi connectivity index (χ4v) is 2.88. The van der Waals surface area contributed by atoms with Crippen LogP contribution in [0, 0.1) is 5.95 Å². The quantitative estimate of drug-likeness (QED) is 0.593. The zero-order valence-corrected chi connectivity index (χ0v) is 13.7. The van der Waals surface area contributed by atoms with Crippen LogP contribution in [0.3, 0.4) is 0 Å². The third-order valence-electron chi connectivity index (χ3n) is 3.54. The van der Waals surface area contributed by atoms with Crippen molar-refractivity contribution in [2.45, 2.75) is 51.3 Å². The van der Waals surface area contributed by atoms with Gasteiger partial charge in [-0.25, -0.2) is 9.78 Å². The second kappa shape index (κ2) is 6.24. The predicted molar refractivity (Wildman–Crippen MR) is 83.2 cm³/mol. The number of hydrogen-bond acceptors (Lipinski definition) is 3. The van der Waals surface area contributed by atoms with E-state index in [1.165, 1.54) is 6.20 Å². The number of nitrogens with zero attached hydrogens (tertiary/aromatic N) is 2. The molecular weight excluding hydrogens is 307 g/mol. The number of rotatable bonds is 2. The average molecular weight is 327 g/mol. The molecule has 1 aliphatic heterocycles. The summed E-state index contributed by atoms with van der Waals surface area (Å²) in [5, 5.41) is -0.0502. The van der Waals surface area contributed by atoms with Crippen molar-refractivity contribution in [1.82, 2.24) is 9.88 Å². The second-order valence-electron chi connectivity index (χ2n) is 6.29. The first-order valence-corrected chi connectivity index (χ1v) is 7.56. The maximum Gasteiger partial charge on any atom is 0.411 e. The summed E-state index contributed by atoms with van der Waals surface area (Å²) in [7, 11) is 0. The van der Waals surface area contributed by atoms with E-state index in [2.05, 4.69) is 11.6 Å². The minimum Gasteiger partial charge on any atom is -0.444 e. The molecule has 2 atom stereocenters. The monoisotopic (exact) mass is 326 g/mol. The van der Waals surface area contributed by atoms with Crippen LogP contribution in [0.1, 0.15) is 45.2 Å². The van der Waals surface area contributed by atoms with Gasteiger partial charge in [0.25, 0.3) is 0 Å². The Hall–Kier alpha value is -1.62. The molecule has 1 fully saturated rings. The highest BCUT2D eigenvalue weighted by atomic mass is 35.5. The number of carbonyl (C=O) groups is 1. The number of aromatic nitrogens is 1. The largest absolute Gasteiger partial charge is 0.444 e. The first-order chi connectivity index (χ1) is 10.2. The van der Waals surface area contributed by atoms with Crippen molar-refractivity contribution in [2.75, 3.05) is 0 Å². The van der Waals surface area contributed by atoms with E-state index >= 15 is 0 Å². The molecule has 1 aromatic rings. The van der Waals surface area contributed by atoms with Gasteiger partial charge in [-0.15, -0.1) is 6.58 Å². The van der Waals surface area contributed by atoms with Crippen molar-refractivity contribution in [3.05, 3.63) is 41.5 Å². The van der Waals surface area contributed by atoms with E-state index < -0.39 is 17.6 Å². The molecule has 0 saturated carbocycles. The first-order valence-electron chi connectivity index (χ1n) is 7.18. The Labute approximate surface area is 134 Å². The number of pyridine rings is 1. The Morgan fingerprint density at radius 2 is 2.23 bits per heavy atom. The van der Waals surface area contributed by atoms with Crippen LogP contribution >= 0.6 is 11.6 Å². The van der Waals surface area contributed by atoms with Crippen LogP contribution < -0.4 is 0 Å². The zero-order chi connectivity index (χ0) is 16.5. The second-order valence-corrected chi connectivity index (χ2v) is 6.67. The van der Waals surface area contributed by atoms with E-state index in [1.54, 1.807) is 37.8 Å². The Morgan fingerprint density at radius 1 is 1.55 bits per heavy atom. The fraction of sp³-hybridized carbons (Fsp3) is 0.500. The molecule has 0 bridgehead atoms. The van der Waals surface area contributed by atoms with Crippen molar-refractivity contribution in [3.8, 4) is 0 Å². The lowest BCUT2D eigenvalue weighted by Gasteiger charge is -2.32. The number of likely N-dealkylation sites (tertiary alicyclic amines) is 1. The van der Waals surface area contributed by atoms with E-state index in [0.717, 1.165) is 6.42 Å². The molecule has 22 heavy (non-hydrogen) atoms. The van der Waals surface area contributed by atoms with Gasteiger partial charge in [0.05, 0.1) is 12.1 Å². The van der Waals surface area contributed by atoms with Gasteiger partial charge in [0.15, 0.2) is 0 Å². The Kier molecular flexibility index (Phi) is 4.75. The third kappa shape index (κ3) is 3.40. The first kappa shape index (κ1) is 16.7. The van der Waals surface area contributed by atoms with Crippen molar-refractivity contribution in [2.24, 2.45) is 0 Å². The minimum absolute atomic E-state index is 0.0502. The summed E-state index contributed by atoms with van der Waals surface area (Å²) < 4.78 is 19.1. The summed E-state index contributed by atoms with van der Waals surface area (Å²) in [6.45, 7) is 9.18. The summed E-state index contributed by atoms with van der Waals surface area (Å²) in [5.41, 5.74) is -0.0622. The van der Waals surface area contributed by atoms with Crippen molar-refractivity contribution >= 4 is 17.7 Å². The van der Waals surface area contributed by atoms with E-state index in [0.29, 0.717) is 12.0 Å². The molecule has 0 aromatic carbocycles. The summed E-state index contributed by atoms with van der Waals surface area (Å²) >= 11 is 6.03. The number of ether oxygens (including phenoxy) is 1. The maximum atomic E-state index is 13.6. The van der Waals surface area contributed by atoms with Crippen LogP contribution in [0.5, 0.6) is 0 Å². The molecule has 1 amide bonds. The highest BCUT2D eigenvalue weighted by Crippen LogP contribution is 2.40. The van der Waals surface area contributed by atoms with Crippen LogP contribution in [-0.2, 0) is 4.74 Å². The molecule has 120 valence electrons. The zero-order valence-electron chi connectivity index (χ0n) is 13.0. The standard InChI is InChI=1S/C16H20ClFN2O2/c1-5-10-6-7-12(11-8-9-19-14(18)13(11)17)20(10)15(21)22-16(2,3)4/h5,8-10,12H,1,6-7H2,2-4H3/t10-,12?/m1/s1. The minimum atomic E-state index is -0.731. The van der Waals surface area contributed by atoms with Crippen LogP contribution in [-0.4, -0.2) is 27.6 Å². The Bertz CT molecular complexity index is 586. The number of hydrogen-bond donors (Lipinski definition) is 0. The molecule has 0 spiro atoms. The lowest BCUT2D eigenvalue weighted by molar-refractivity contribution is 0.0178. The summed E-state index contributed by atoms with van der Waals surface area (Å²) in [4.78, 5) is 17.6. The molecule has 1 saturated heterocycles. The van der Waals surface area contributed by atoms with Crippen LogP contribution in [0.4, 0.5) is 9.18 Å². The third-order valence-corrected chi connectivity index (χ3v) is 3.92. The Balaban J connectivity index is 2.35. The van der Waals surface area contributed by atoms with Gasteiger partial charge in [-0.2, -0.15) is 4.39 Å². The van der Waals surface area contributed by atoms with Gasteiger partial charge in [-0.05, 0) is 45.2 Å². The fourth-order valence-electron chi connectivity index (χ4n) is 2.64. The molecular formula is C16H20ClFN2O2. The molecule has 1 unspecified atom stereocenters. The van der Waals surface area contributed by atoms with Gasteiger partial charge < -0.3 is 4.74 Å². The predicted octanol–water partition coefficient (Wildman–Crippen LogP) is 4.50. The molecule has 0 radical (unpaired) electrons. The SMILES string of the molecule is C=C[C@@H]1CCC(c2ccnc(F)c2Cl)N1C(=O)OC(C)(C)C. The van der Waals surface area contributed by atoms with Gasteiger partial charge in [-0.1, -0.05) is 17.7 Å². The van der Waals surface area contributed by atoms with Crippen molar-refractivity contribution < 1.29 is 13.9 Å². The topological polar surface area (TPSA) is 42.4 Å². The molecule has 1 aliphatic rings. The lowest BCUT2D eigenvalue weighted by Crippen LogP contribution is -2.40. The van der Waals surface area contributed by atoms with Gasteiger partial charge in [-0.3, -0.25) is 4.90 Å². The van der Waals surface area contributed by atoms with Gasteiger partial charge in [0, 0.05) is 6.20 Å². The van der Waals surface area contributed by atoms with Crippen LogP contribution in [0.2, 0.25) is 5.02 Å². The van der Waals surface area contributed by atoms with E-state index in [-0.39, 0.29) is 17.1 Å². The molecule has 6 heteroatoms. The van der Waals surface area contributed by atoms with Crippen LogP contribution in [0.15, 0.2) is 24.9 Å². The average Bonchev–Trinajstić information content (AvgIpc) is 2.83. The highest BCUT2D eigenvalue weighted by molar-refractivity contribution is 6.31. The normalized spacial score (nSPS) is 21.8. The molecule has 0 N–H and O–H groups in total. The smallest absolute Gasteiger partial charge is 0.411 e. The lowest BCUT2D eigenvalue weighted by atomic mass is 10.1. The highest BCUT2D eigenvalue weighted by Gasteiger charge is 2.39. The summed E-state index contributed by atoms with van der Waals surface area (Å²) in [6, 6.07) is 1.13. The molecule has 1 aromatic heterocycles. The van der Waals surface area contributed by atoms with E-state index in [1.807, 2.05) is 0 Å². The van der Waals surface area contributed by atoms with Crippen LogP contribution in [0.25, 0.3) is 0 Å². The van der Waals surface area contributed by atoms with Crippen molar-refractivity contribution in [3.63, 3.8) is 0 Å². The molecule has 0 aliphatic carbocycles.